The first kappa shape index (κ1) is 19.2. The zero-order valence-corrected chi connectivity index (χ0v) is 17.2. The van der Waals surface area contributed by atoms with Gasteiger partial charge in [0.05, 0.1) is 10.0 Å². The Labute approximate surface area is 164 Å². The molecule has 1 aromatic carbocycles. The quantitative estimate of drug-likeness (QED) is 0.745. The molecular formula is C21H27BrN2O2. The first-order chi connectivity index (χ1) is 12.5. The van der Waals surface area contributed by atoms with Gasteiger partial charge in [-0.15, -0.1) is 0 Å². The highest BCUT2D eigenvalue weighted by Gasteiger charge is 2.19. The summed E-state index contributed by atoms with van der Waals surface area (Å²) in [5.41, 5.74) is 3.03. The highest BCUT2D eigenvalue weighted by Crippen LogP contribution is 2.27. The second kappa shape index (κ2) is 8.87. The Kier molecular flexibility index (Phi) is 6.54. The number of aryl methyl sites for hydroxylation is 2. The van der Waals surface area contributed by atoms with E-state index in [1.54, 1.807) is 0 Å². The molecule has 26 heavy (non-hydrogen) atoms. The van der Waals surface area contributed by atoms with E-state index in [0.717, 1.165) is 22.3 Å². The summed E-state index contributed by atoms with van der Waals surface area (Å²) in [6, 6.07) is 8.57. The molecule has 0 unspecified atom stereocenters. The van der Waals surface area contributed by atoms with E-state index in [-0.39, 0.29) is 5.91 Å². The molecule has 1 aliphatic rings. The van der Waals surface area contributed by atoms with Crippen molar-refractivity contribution in [3.8, 4) is 0 Å². The van der Waals surface area contributed by atoms with E-state index in [2.05, 4.69) is 50.4 Å². The lowest BCUT2D eigenvalue weighted by Gasteiger charge is -2.19. The van der Waals surface area contributed by atoms with Crippen LogP contribution in [0.15, 0.2) is 33.2 Å². The SMILES string of the molecule is Cc1oc(C)c(C(=O)NCc2ccc(CN3CCCCCC3)cc2)c1Br. The molecule has 1 aromatic heterocycles. The first-order valence-electron chi connectivity index (χ1n) is 9.38. The van der Waals surface area contributed by atoms with Gasteiger partial charge in [0.25, 0.3) is 5.91 Å². The van der Waals surface area contributed by atoms with Crippen molar-refractivity contribution in [3.05, 3.63) is 56.9 Å². The van der Waals surface area contributed by atoms with Crippen LogP contribution in [0.2, 0.25) is 0 Å². The molecule has 1 saturated heterocycles. The Hall–Kier alpha value is -1.59. The highest BCUT2D eigenvalue weighted by molar-refractivity contribution is 9.10. The number of hydrogen-bond acceptors (Lipinski definition) is 3. The number of halogens is 1. The first-order valence-corrected chi connectivity index (χ1v) is 10.2. The Balaban J connectivity index is 1.55. The fourth-order valence-corrected chi connectivity index (χ4v) is 4.04. The highest BCUT2D eigenvalue weighted by atomic mass is 79.9. The molecule has 0 spiro atoms. The third kappa shape index (κ3) is 4.77. The fourth-order valence-electron chi connectivity index (χ4n) is 3.50. The minimum atomic E-state index is -0.111. The summed E-state index contributed by atoms with van der Waals surface area (Å²) in [6.07, 6.45) is 5.35. The van der Waals surface area contributed by atoms with Crippen molar-refractivity contribution in [1.29, 1.82) is 0 Å². The predicted octanol–water partition coefficient (Wildman–Crippen LogP) is 4.96. The maximum Gasteiger partial charge on any atom is 0.256 e. The molecule has 0 saturated carbocycles. The van der Waals surface area contributed by atoms with Crippen LogP contribution in [0, 0.1) is 13.8 Å². The minimum Gasteiger partial charge on any atom is -0.465 e. The Morgan fingerprint density at radius 2 is 1.65 bits per heavy atom. The number of carbonyl (C=O) groups excluding carboxylic acids is 1. The van der Waals surface area contributed by atoms with Gasteiger partial charge in [-0.05, 0) is 66.8 Å². The van der Waals surface area contributed by atoms with Gasteiger partial charge in [-0.1, -0.05) is 37.1 Å². The lowest BCUT2D eigenvalue weighted by atomic mass is 10.1. The van der Waals surface area contributed by atoms with Crippen molar-refractivity contribution < 1.29 is 9.21 Å². The average Bonchev–Trinajstić information content (AvgIpc) is 2.81. The molecule has 0 radical (unpaired) electrons. The second-order valence-electron chi connectivity index (χ2n) is 7.09. The van der Waals surface area contributed by atoms with Gasteiger partial charge in [0.15, 0.2) is 0 Å². The van der Waals surface area contributed by atoms with Gasteiger partial charge >= 0.3 is 0 Å². The predicted molar refractivity (Wildman–Crippen MR) is 107 cm³/mol. The van der Waals surface area contributed by atoms with Crippen molar-refractivity contribution >= 4 is 21.8 Å². The standard InChI is InChI=1S/C21H27BrN2O2/c1-15-19(20(22)16(2)26-15)21(25)23-13-17-7-9-18(10-8-17)14-24-11-5-3-4-6-12-24/h7-10H,3-6,11-14H2,1-2H3,(H,23,25). The number of benzene rings is 1. The number of amides is 1. The Morgan fingerprint density at radius 1 is 1.04 bits per heavy atom. The summed E-state index contributed by atoms with van der Waals surface area (Å²) in [4.78, 5) is 15.0. The van der Waals surface area contributed by atoms with Gasteiger partial charge in [-0.3, -0.25) is 9.69 Å². The molecule has 0 atom stereocenters. The monoisotopic (exact) mass is 418 g/mol. The van der Waals surface area contributed by atoms with E-state index in [1.807, 2.05) is 13.8 Å². The molecule has 1 amide bonds. The second-order valence-corrected chi connectivity index (χ2v) is 7.89. The van der Waals surface area contributed by atoms with E-state index < -0.39 is 0 Å². The van der Waals surface area contributed by atoms with Gasteiger partial charge in [0, 0.05) is 13.1 Å². The summed E-state index contributed by atoms with van der Waals surface area (Å²) < 4.78 is 6.24. The Morgan fingerprint density at radius 3 is 2.23 bits per heavy atom. The van der Waals surface area contributed by atoms with E-state index in [0.29, 0.717) is 17.9 Å². The van der Waals surface area contributed by atoms with Gasteiger partial charge in [0.1, 0.15) is 11.5 Å². The topological polar surface area (TPSA) is 45.5 Å². The largest absolute Gasteiger partial charge is 0.465 e. The van der Waals surface area contributed by atoms with Crippen molar-refractivity contribution in [2.24, 2.45) is 0 Å². The van der Waals surface area contributed by atoms with Gasteiger partial charge < -0.3 is 9.73 Å². The number of nitrogens with zero attached hydrogens (tertiary/aromatic N) is 1. The summed E-state index contributed by atoms with van der Waals surface area (Å²) in [6.45, 7) is 7.60. The van der Waals surface area contributed by atoms with Crippen molar-refractivity contribution in [2.45, 2.75) is 52.6 Å². The summed E-state index contributed by atoms with van der Waals surface area (Å²) in [7, 11) is 0. The molecule has 2 heterocycles. The molecule has 1 fully saturated rings. The van der Waals surface area contributed by atoms with E-state index in [9.17, 15) is 4.79 Å². The van der Waals surface area contributed by atoms with Crippen molar-refractivity contribution in [1.82, 2.24) is 10.2 Å². The van der Waals surface area contributed by atoms with Crippen LogP contribution in [0.3, 0.4) is 0 Å². The molecule has 140 valence electrons. The molecule has 2 aromatic rings. The van der Waals surface area contributed by atoms with Crippen LogP contribution in [0.1, 0.15) is 58.7 Å². The third-order valence-corrected chi connectivity index (χ3v) is 5.95. The molecule has 0 aliphatic carbocycles. The van der Waals surface area contributed by atoms with Crippen LogP contribution < -0.4 is 5.32 Å². The molecule has 1 aliphatic heterocycles. The minimum absolute atomic E-state index is 0.111. The van der Waals surface area contributed by atoms with E-state index >= 15 is 0 Å². The lowest BCUT2D eigenvalue weighted by Crippen LogP contribution is -2.24. The molecular weight excluding hydrogens is 392 g/mol. The molecule has 1 N–H and O–H groups in total. The number of likely N-dealkylation sites (tertiary alicyclic amines) is 1. The van der Waals surface area contributed by atoms with Crippen molar-refractivity contribution in [3.63, 3.8) is 0 Å². The van der Waals surface area contributed by atoms with Gasteiger partial charge in [-0.25, -0.2) is 0 Å². The normalized spacial score (nSPS) is 15.7. The fraction of sp³-hybridized carbons (Fsp3) is 0.476. The lowest BCUT2D eigenvalue weighted by molar-refractivity contribution is 0.0948. The molecule has 5 heteroatoms. The Bertz CT molecular complexity index is 744. The zero-order chi connectivity index (χ0) is 18.5. The number of carbonyl (C=O) groups is 1. The smallest absolute Gasteiger partial charge is 0.256 e. The van der Waals surface area contributed by atoms with Gasteiger partial charge in [0.2, 0.25) is 0 Å². The average molecular weight is 419 g/mol. The van der Waals surface area contributed by atoms with Crippen LogP contribution in [0.4, 0.5) is 0 Å². The van der Waals surface area contributed by atoms with Crippen LogP contribution in [0.25, 0.3) is 0 Å². The number of nitrogens with one attached hydrogen (secondary N) is 1. The molecule has 4 nitrogen and oxygen atoms in total. The molecule has 3 rings (SSSR count). The summed E-state index contributed by atoms with van der Waals surface area (Å²) >= 11 is 3.43. The maximum absolute atomic E-state index is 12.4. The van der Waals surface area contributed by atoms with Crippen molar-refractivity contribution in [2.75, 3.05) is 13.1 Å². The van der Waals surface area contributed by atoms with E-state index in [1.165, 1.54) is 44.3 Å². The maximum atomic E-state index is 12.4. The number of hydrogen-bond donors (Lipinski definition) is 1. The van der Waals surface area contributed by atoms with Crippen LogP contribution >= 0.6 is 15.9 Å². The summed E-state index contributed by atoms with van der Waals surface area (Å²) in [5.74, 6) is 1.25. The molecule has 0 bridgehead atoms. The van der Waals surface area contributed by atoms with E-state index in [4.69, 9.17) is 4.42 Å². The van der Waals surface area contributed by atoms with Crippen LogP contribution in [-0.2, 0) is 13.1 Å². The number of furan rings is 1. The summed E-state index contributed by atoms with van der Waals surface area (Å²) in [5, 5.41) is 2.98. The number of rotatable bonds is 5. The third-order valence-electron chi connectivity index (χ3n) is 4.99. The van der Waals surface area contributed by atoms with Gasteiger partial charge in [-0.2, -0.15) is 0 Å². The van der Waals surface area contributed by atoms with Crippen LogP contribution in [-0.4, -0.2) is 23.9 Å². The zero-order valence-electron chi connectivity index (χ0n) is 15.6. The van der Waals surface area contributed by atoms with Crippen LogP contribution in [0.5, 0.6) is 0 Å².